The average molecular weight is 313 g/mol. The first-order valence-electron chi connectivity index (χ1n) is 6.94. The van der Waals surface area contributed by atoms with Crippen molar-refractivity contribution in [2.75, 3.05) is 5.32 Å². The highest BCUT2D eigenvalue weighted by Crippen LogP contribution is 2.11. The smallest absolute Gasteiger partial charge is 0.274 e. The maximum Gasteiger partial charge on any atom is 0.274 e. The van der Waals surface area contributed by atoms with Crippen molar-refractivity contribution in [1.29, 1.82) is 0 Å². The lowest BCUT2D eigenvalue weighted by Crippen LogP contribution is -2.20. The van der Waals surface area contributed by atoms with Crippen LogP contribution in [-0.4, -0.2) is 17.5 Å². The number of benzene rings is 2. The van der Waals surface area contributed by atoms with Gasteiger partial charge in [0.2, 0.25) is 5.91 Å². The van der Waals surface area contributed by atoms with Crippen LogP contribution in [-0.2, 0) is 4.79 Å². The fourth-order valence-electron chi connectivity index (χ4n) is 1.93. The molecule has 0 aliphatic heterocycles. The molecule has 0 aliphatic rings. The third-order valence-corrected chi connectivity index (χ3v) is 3.04. The van der Waals surface area contributed by atoms with E-state index in [1.54, 1.807) is 37.3 Å². The van der Waals surface area contributed by atoms with Crippen LogP contribution in [0.15, 0.2) is 53.6 Å². The standard InChI is InChI=1S/C17H16FN3O2/c1-11(13-6-5-7-14(10-13)19-12(2)22)20-21-17(23)15-8-3-4-9-16(15)18/h3-10H,1-2H3,(H,19,22)(H,21,23)/b20-11+. The summed E-state index contributed by atoms with van der Waals surface area (Å²) in [7, 11) is 0. The topological polar surface area (TPSA) is 70.6 Å². The fraction of sp³-hybridized carbons (Fsp3) is 0.118. The Morgan fingerprint density at radius 2 is 1.78 bits per heavy atom. The summed E-state index contributed by atoms with van der Waals surface area (Å²) in [5, 5.41) is 6.64. The number of carbonyl (C=O) groups is 2. The van der Waals surface area contributed by atoms with Crippen LogP contribution < -0.4 is 10.7 Å². The van der Waals surface area contributed by atoms with Gasteiger partial charge in [0, 0.05) is 12.6 Å². The van der Waals surface area contributed by atoms with E-state index in [1.807, 2.05) is 0 Å². The van der Waals surface area contributed by atoms with Gasteiger partial charge in [0.25, 0.3) is 5.91 Å². The van der Waals surface area contributed by atoms with Gasteiger partial charge in [0.1, 0.15) is 5.82 Å². The largest absolute Gasteiger partial charge is 0.326 e. The maximum atomic E-state index is 13.5. The molecule has 2 rings (SSSR count). The number of hydrogen-bond donors (Lipinski definition) is 2. The van der Waals surface area contributed by atoms with Crippen LogP contribution >= 0.6 is 0 Å². The Hall–Kier alpha value is -3.02. The van der Waals surface area contributed by atoms with Gasteiger partial charge in [-0.25, -0.2) is 9.82 Å². The van der Waals surface area contributed by atoms with E-state index >= 15 is 0 Å². The van der Waals surface area contributed by atoms with Gasteiger partial charge >= 0.3 is 0 Å². The minimum Gasteiger partial charge on any atom is -0.326 e. The lowest BCUT2D eigenvalue weighted by Gasteiger charge is -2.06. The zero-order valence-electron chi connectivity index (χ0n) is 12.8. The molecule has 2 aromatic carbocycles. The zero-order chi connectivity index (χ0) is 16.8. The van der Waals surface area contributed by atoms with Crippen molar-refractivity contribution in [2.24, 2.45) is 5.10 Å². The summed E-state index contributed by atoms with van der Waals surface area (Å²) in [5.74, 6) is -1.41. The number of halogens is 1. The van der Waals surface area contributed by atoms with E-state index in [1.165, 1.54) is 25.1 Å². The third-order valence-electron chi connectivity index (χ3n) is 3.04. The van der Waals surface area contributed by atoms with Crippen molar-refractivity contribution in [2.45, 2.75) is 13.8 Å². The molecule has 5 nitrogen and oxygen atoms in total. The van der Waals surface area contributed by atoms with Gasteiger partial charge in [0.05, 0.1) is 11.3 Å². The summed E-state index contributed by atoms with van der Waals surface area (Å²) in [5.41, 5.74) is 4.13. The normalized spacial score (nSPS) is 11.0. The van der Waals surface area contributed by atoms with Crippen LogP contribution in [0.4, 0.5) is 10.1 Å². The van der Waals surface area contributed by atoms with Crippen LogP contribution in [0.3, 0.4) is 0 Å². The van der Waals surface area contributed by atoms with Gasteiger partial charge < -0.3 is 5.32 Å². The van der Waals surface area contributed by atoms with Crippen molar-refractivity contribution >= 4 is 23.2 Å². The second-order valence-electron chi connectivity index (χ2n) is 4.88. The molecule has 0 unspecified atom stereocenters. The minimum absolute atomic E-state index is 0.0731. The predicted molar refractivity (Wildman–Crippen MR) is 86.8 cm³/mol. The lowest BCUT2D eigenvalue weighted by atomic mass is 10.1. The summed E-state index contributed by atoms with van der Waals surface area (Å²) >= 11 is 0. The van der Waals surface area contributed by atoms with Crippen LogP contribution in [0.1, 0.15) is 29.8 Å². The minimum atomic E-state index is -0.625. The molecule has 0 saturated heterocycles. The number of carbonyl (C=O) groups excluding carboxylic acids is 2. The number of anilines is 1. The predicted octanol–water partition coefficient (Wildman–Crippen LogP) is 2.94. The van der Waals surface area contributed by atoms with Crippen molar-refractivity contribution in [1.82, 2.24) is 5.43 Å². The number of amides is 2. The molecule has 0 spiro atoms. The second kappa shape index (κ2) is 7.31. The Bertz CT molecular complexity index is 772. The molecule has 2 N–H and O–H groups in total. The van der Waals surface area contributed by atoms with Gasteiger partial charge in [0.15, 0.2) is 0 Å². The Labute approximate surface area is 133 Å². The Balaban J connectivity index is 2.12. The Morgan fingerprint density at radius 3 is 2.48 bits per heavy atom. The van der Waals surface area contributed by atoms with E-state index in [2.05, 4.69) is 15.8 Å². The number of hydrogen-bond acceptors (Lipinski definition) is 3. The molecule has 0 aliphatic carbocycles. The molecule has 0 atom stereocenters. The third kappa shape index (κ3) is 4.47. The van der Waals surface area contributed by atoms with E-state index in [4.69, 9.17) is 0 Å². The summed E-state index contributed by atoms with van der Waals surface area (Å²) < 4.78 is 13.5. The molecule has 23 heavy (non-hydrogen) atoms. The Kier molecular flexibility index (Phi) is 5.19. The quantitative estimate of drug-likeness (QED) is 0.673. The lowest BCUT2D eigenvalue weighted by molar-refractivity contribution is -0.114. The molecule has 2 aromatic rings. The molecule has 118 valence electrons. The molecule has 0 heterocycles. The first-order valence-corrected chi connectivity index (χ1v) is 6.94. The van der Waals surface area contributed by atoms with Gasteiger partial charge in [-0.2, -0.15) is 5.10 Å². The van der Waals surface area contributed by atoms with Crippen LogP contribution in [0.5, 0.6) is 0 Å². The van der Waals surface area contributed by atoms with Crippen molar-refractivity contribution in [3.8, 4) is 0 Å². The molecule has 0 saturated carbocycles. The number of rotatable bonds is 4. The van der Waals surface area contributed by atoms with E-state index in [0.29, 0.717) is 11.4 Å². The van der Waals surface area contributed by atoms with E-state index in [-0.39, 0.29) is 11.5 Å². The molecule has 0 aromatic heterocycles. The van der Waals surface area contributed by atoms with E-state index in [0.717, 1.165) is 5.56 Å². The molecule has 2 amide bonds. The van der Waals surface area contributed by atoms with Crippen LogP contribution in [0.2, 0.25) is 0 Å². The summed E-state index contributed by atoms with van der Waals surface area (Å²) in [6.45, 7) is 3.12. The van der Waals surface area contributed by atoms with Gasteiger partial charge in [-0.3, -0.25) is 9.59 Å². The summed E-state index contributed by atoms with van der Waals surface area (Å²) in [6, 6.07) is 12.7. The van der Waals surface area contributed by atoms with Crippen LogP contribution in [0, 0.1) is 5.82 Å². The molecule has 0 radical (unpaired) electrons. The summed E-state index contributed by atoms with van der Waals surface area (Å²) in [6.07, 6.45) is 0. The molecule has 0 fully saturated rings. The number of nitrogens with one attached hydrogen (secondary N) is 2. The monoisotopic (exact) mass is 313 g/mol. The highest BCUT2D eigenvalue weighted by Gasteiger charge is 2.10. The van der Waals surface area contributed by atoms with E-state index < -0.39 is 11.7 Å². The first kappa shape index (κ1) is 16.4. The van der Waals surface area contributed by atoms with Crippen LogP contribution in [0.25, 0.3) is 0 Å². The SMILES string of the molecule is CC(=O)Nc1cccc(/C(C)=N/NC(=O)c2ccccc2F)c1. The fourth-order valence-corrected chi connectivity index (χ4v) is 1.93. The number of hydrazone groups is 1. The molecule has 0 bridgehead atoms. The highest BCUT2D eigenvalue weighted by atomic mass is 19.1. The summed E-state index contributed by atoms with van der Waals surface area (Å²) in [4.78, 5) is 23.0. The van der Waals surface area contributed by atoms with Crippen molar-refractivity contribution in [3.63, 3.8) is 0 Å². The van der Waals surface area contributed by atoms with Crippen molar-refractivity contribution in [3.05, 3.63) is 65.5 Å². The highest BCUT2D eigenvalue weighted by molar-refractivity contribution is 6.02. The molecular weight excluding hydrogens is 297 g/mol. The number of nitrogens with zero attached hydrogens (tertiary/aromatic N) is 1. The second-order valence-corrected chi connectivity index (χ2v) is 4.88. The van der Waals surface area contributed by atoms with Gasteiger partial charge in [-0.05, 0) is 36.8 Å². The van der Waals surface area contributed by atoms with Gasteiger partial charge in [-0.15, -0.1) is 0 Å². The average Bonchev–Trinajstić information content (AvgIpc) is 2.52. The van der Waals surface area contributed by atoms with Gasteiger partial charge in [-0.1, -0.05) is 24.3 Å². The maximum absolute atomic E-state index is 13.5. The molecular formula is C17H16FN3O2. The first-order chi connectivity index (χ1) is 11.0. The van der Waals surface area contributed by atoms with Crippen molar-refractivity contribution < 1.29 is 14.0 Å². The molecule has 6 heteroatoms. The zero-order valence-corrected chi connectivity index (χ0v) is 12.8. The van der Waals surface area contributed by atoms with E-state index in [9.17, 15) is 14.0 Å². The Morgan fingerprint density at radius 1 is 1.04 bits per heavy atom.